The summed E-state index contributed by atoms with van der Waals surface area (Å²) in [5.41, 5.74) is 3.54. The molecule has 29 heavy (non-hydrogen) atoms. The zero-order valence-corrected chi connectivity index (χ0v) is 19.2. The molecule has 1 heterocycles. The molecule has 0 aliphatic rings. The molecule has 0 saturated carbocycles. The highest BCUT2D eigenvalue weighted by Gasteiger charge is 2.17. The van der Waals surface area contributed by atoms with E-state index in [1.807, 2.05) is 46.3 Å². The van der Waals surface area contributed by atoms with Crippen LogP contribution in [0.3, 0.4) is 0 Å². The summed E-state index contributed by atoms with van der Waals surface area (Å²) < 4.78 is 8.64. The minimum absolute atomic E-state index is 0.0687. The van der Waals surface area contributed by atoms with Gasteiger partial charge in [-0.25, -0.2) is 0 Å². The number of nitrogens with zero attached hydrogens (tertiary/aromatic N) is 1. The van der Waals surface area contributed by atoms with Gasteiger partial charge in [0.15, 0.2) is 5.43 Å². The molecular formula is C24H32NO3S+. The van der Waals surface area contributed by atoms with E-state index in [1.165, 1.54) is 11.1 Å². The molecule has 3 aromatic rings. The van der Waals surface area contributed by atoms with Crippen molar-refractivity contribution in [3.63, 3.8) is 0 Å². The number of ether oxygens (including phenoxy) is 1. The van der Waals surface area contributed by atoms with Crippen molar-refractivity contribution in [1.29, 1.82) is 0 Å². The molecule has 156 valence electrons. The monoisotopic (exact) mass is 414 g/mol. The summed E-state index contributed by atoms with van der Waals surface area (Å²) in [6, 6.07) is 8.07. The maximum atomic E-state index is 13.4. The second-order valence-electron chi connectivity index (χ2n) is 8.82. The Balaban J connectivity index is 2.05. The molecule has 5 heteroatoms. The number of rotatable bonds is 7. The quantitative estimate of drug-likeness (QED) is 0.463. The molecular weight excluding hydrogens is 382 g/mol. The predicted molar refractivity (Wildman–Crippen MR) is 123 cm³/mol. The molecule has 1 N–H and O–H groups in total. The van der Waals surface area contributed by atoms with Crippen molar-refractivity contribution in [2.45, 2.75) is 39.7 Å². The number of fused-ring (bicyclic) bond motifs is 2. The number of hydrogen-bond acceptors (Lipinski definition) is 4. The Labute approximate surface area is 176 Å². The number of aliphatic hydroxyl groups is 1. The van der Waals surface area contributed by atoms with Crippen LogP contribution < -0.4 is 10.2 Å². The van der Waals surface area contributed by atoms with E-state index in [4.69, 9.17) is 4.74 Å². The fourth-order valence-corrected chi connectivity index (χ4v) is 5.05. The molecule has 0 saturated heterocycles. The van der Waals surface area contributed by atoms with E-state index in [9.17, 15) is 9.90 Å². The largest absolute Gasteiger partial charge is 0.491 e. The van der Waals surface area contributed by atoms with E-state index in [0.717, 1.165) is 33.2 Å². The van der Waals surface area contributed by atoms with E-state index in [-0.39, 0.29) is 12.0 Å². The summed E-state index contributed by atoms with van der Waals surface area (Å²) in [4.78, 5) is 13.4. The second kappa shape index (κ2) is 8.42. The van der Waals surface area contributed by atoms with Gasteiger partial charge >= 0.3 is 0 Å². The van der Waals surface area contributed by atoms with E-state index in [1.54, 1.807) is 11.3 Å². The third kappa shape index (κ3) is 4.80. The van der Waals surface area contributed by atoms with E-state index < -0.39 is 6.10 Å². The predicted octanol–water partition coefficient (Wildman–Crippen LogP) is 4.29. The Bertz CT molecular complexity index is 1100. The van der Waals surface area contributed by atoms with Crippen molar-refractivity contribution < 1.29 is 14.3 Å². The van der Waals surface area contributed by atoms with Crippen LogP contribution in [0.15, 0.2) is 29.1 Å². The fraction of sp³-hybridized carbons (Fsp3) is 0.458. The lowest BCUT2D eigenvalue weighted by Crippen LogP contribution is -2.43. The van der Waals surface area contributed by atoms with Crippen LogP contribution in [0, 0.1) is 6.92 Å². The Morgan fingerprint density at radius 3 is 2.34 bits per heavy atom. The molecule has 4 nitrogen and oxygen atoms in total. The van der Waals surface area contributed by atoms with Crippen LogP contribution >= 0.6 is 11.3 Å². The molecule has 0 bridgehead atoms. The van der Waals surface area contributed by atoms with Gasteiger partial charge in [0.05, 0.1) is 21.1 Å². The lowest BCUT2D eigenvalue weighted by atomic mass is 10.0. The minimum Gasteiger partial charge on any atom is -0.491 e. The van der Waals surface area contributed by atoms with Crippen molar-refractivity contribution in [1.82, 2.24) is 0 Å². The van der Waals surface area contributed by atoms with E-state index >= 15 is 0 Å². The number of quaternary nitrogens is 1. The van der Waals surface area contributed by atoms with Crippen molar-refractivity contribution >= 4 is 31.5 Å². The van der Waals surface area contributed by atoms with Gasteiger partial charge in [0.1, 0.15) is 25.0 Å². The van der Waals surface area contributed by atoms with Gasteiger partial charge < -0.3 is 14.3 Å². The van der Waals surface area contributed by atoms with E-state index in [2.05, 4.69) is 19.9 Å². The van der Waals surface area contributed by atoms with Gasteiger partial charge in [-0.15, -0.1) is 11.3 Å². The normalized spacial score (nSPS) is 13.2. The summed E-state index contributed by atoms with van der Waals surface area (Å²) in [6.45, 7) is 7.09. The first kappa shape index (κ1) is 21.8. The van der Waals surface area contributed by atoms with Crippen molar-refractivity contribution in [2.24, 2.45) is 0 Å². The molecule has 0 spiro atoms. The maximum Gasteiger partial charge on any atom is 0.196 e. The Hall–Kier alpha value is -1.95. The first-order valence-electron chi connectivity index (χ1n) is 10.3. The number of hydrogen-bond donors (Lipinski definition) is 1. The average Bonchev–Trinajstić information content (AvgIpc) is 2.65. The molecule has 0 radical (unpaired) electrons. The summed E-state index contributed by atoms with van der Waals surface area (Å²) in [7, 11) is 6.11. The Kier molecular flexibility index (Phi) is 6.32. The molecule has 3 rings (SSSR count). The zero-order chi connectivity index (χ0) is 21.3. The SMILES string of the molecule is CCc1cc(CC)c2sc3c(C)cc(OCC(O)C[N+](C)(C)C)cc3c(=O)c2c1. The third-order valence-corrected chi connectivity index (χ3v) is 6.59. The van der Waals surface area contributed by atoms with Crippen LogP contribution in [0.5, 0.6) is 5.75 Å². The Morgan fingerprint density at radius 1 is 1.03 bits per heavy atom. The molecule has 2 aromatic carbocycles. The van der Waals surface area contributed by atoms with E-state index in [0.29, 0.717) is 22.2 Å². The van der Waals surface area contributed by atoms with Gasteiger partial charge in [-0.1, -0.05) is 19.9 Å². The van der Waals surface area contributed by atoms with Crippen molar-refractivity contribution in [2.75, 3.05) is 34.3 Å². The van der Waals surface area contributed by atoms with Gasteiger partial charge in [0, 0.05) is 20.2 Å². The van der Waals surface area contributed by atoms with Crippen LogP contribution in [-0.2, 0) is 12.8 Å². The lowest BCUT2D eigenvalue weighted by molar-refractivity contribution is -0.873. The molecule has 1 unspecified atom stereocenters. The first-order chi connectivity index (χ1) is 13.6. The van der Waals surface area contributed by atoms with Crippen molar-refractivity contribution in [3.8, 4) is 5.75 Å². The Morgan fingerprint density at radius 2 is 1.72 bits per heavy atom. The number of aliphatic hydroxyl groups excluding tert-OH is 1. The van der Waals surface area contributed by atoms with Crippen LogP contribution in [0.25, 0.3) is 20.2 Å². The van der Waals surface area contributed by atoms with Gasteiger partial charge in [-0.05, 0) is 54.7 Å². The minimum atomic E-state index is -0.559. The van der Waals surface area contributed by atoms with Gasteiger partial charge in [-0.2, -0.15) is 0 Å². The highest BCUT2D eigenvalue weighted by atomic mass is 32.1. The zero-order valence-electron chi connectivity index (χ0n) is 18.3. The van der Waals surface area contributed by atoms with Gasteiger partial charge in [-0.3, -0.25) is 4.79 Å². The number of benzene rings is 2. The summed E-state index contributed by atoms with van der Waals surface area (Å²) >= 11 is 1.70. The molecule has 0 aliphatic heterocycles. The highest BCUT2D eigenvalue weighted by molar-refractivity contribution is 7.24. The lowest BCUT2D eigenvalue weighted by Gasteiger charge is -2.26. The maximum absolute atomic E-state index is 13.4. The second-order valence-corrected chi connectivity index (χ2v) is 9.85. The standard InChI is InChI=1S/C24H32NO3S/c1-7-16-10-17(8-2)24-20(11-16)22(27)21-12-19(9-15(3)23(21)29-24)28-14-18(26)13-25(4,5)6/h9-12,18,26H,7-8,13-14H2,1-6H3/q+1. The molecule has 0 amide bonds. The van der Waals surface area contributed by atoms with Gasteiger partial charge in [0.2, 0.25) is 0 Å². The van der Waals surface area contributed by atoms with Crippen molar-refractivity contribution in [3.05, 3.63) is 51.2 Å². The average molecular weight is 415 g/mol. The summed E-state index contributed by atoms with van der Waals surface area (Å²) in [5.74, 6) is 0.640. The molecule has 0 aliphatic carbocycles. The highest BCUT2D eigenvalue weighted by Crippen LogP contribution is 2.33. The first-order valence-corrected chi connectivity index (χ1v) is 11.1. The summed E-state index contributed by atoms with van der Waals surface area (Å²) in [5, 5.41) is 11.7. The topological polar surface area (TPSA) is 46.5 Å². The molecule has 1 aromatic heterocycles. The number of aryl methyl sites for hydroxylation is 3. The smallest absolute Gasteiger partial charge is 0.196 e. The van der Waals surface area contributed by atoms with Crippen LogP contribution in [0.4, 0.5) is 0 Å². The number of likely N-dealkylation sites (N-methyl/N-ethyl adjacent to an activating group) is 1. The van der Waals surface area contributed by atoms with Crippen LogP contribution in [-0.4, -0.2) is 50.0 Å². The molecule has 1 atom stereocenters. The molecule has 0 fully saturated rings. The van der Waals surface area contributed by atoms with Crippen LogP contribution in [0.1, 0.15) is 30.5 Å². The van der Waals surface area contributed by atoms with Gasteiger partial charge in [0.25, 0.3) is 0 Å². The van der Waals surface area contributed by atoms with Crippen LogP contribution in [0.2, 0.25) is 0 Å². The third-order valence-electron chi connectivity index (χ3n) is 5.16. The summed E-state index contributed by atoms with van der Waals surface area (Å²) in [6.07, 6.45) is 1.27. The fourth-order valence-electron chi connectivity index (χ4n) is 3.76.